The van der Waals surface area contributed by atoms with Gasteiger partial charge in [0.05, 0.1) is 5.69 Å². The number of hydrogen-bond donors (Lipinski definition) is 0. The zero-order valence-corrected chi connectivity index (χ0v) is 19.9. The number of carbonyl (C=O) groups is 2. The van der Waals surface area contributed by atoms with Crippen molar-refractivity contribution in [2.45, 2.75) is 46.1 Å². The molecular weight excluding hydrogens is 428 g/mol. The SMILES string of the molecule is CC1(C)C[C@H]2C[C@](C)(CN2C(=O)COC(=O)c2nc(-c3ccccc3)n(-c3ccccc3)n2)C1. The summed E-state index contributed by atoms with van der Waals surface area (Å²) in [6, 6.07) is 19.3. The Balaban J connectivity index is 1.33. The van der Waals surface area contributed by atoms with Gasteiger partial charge in [-0.05, 0) is 42.2 Å². The van der Waals surface area contributed by atoms with E-state index in [4.69, 9.17) is 4.74 Å². The minimum atomic E-state index is -0.700. The van der Waals surface area contributed by atoms with Crippen LogP contribution in [0.4, 0.5) is 0 Å². The van der Waals surface area contributed by atoms with Crippen LogP contribution < -0.4 is 0 Å². The van der Waals surface area contributed by atoms with Crippen molar-refractivity contribution in [3.8, 4) is 17.1 Å². The van der Waals surface area contributed by atoms with Crippen molar-refractivity contribution < 1.29 is 14.3 Å². The molecule has 2 fully saturated rings. The minimum Gasteiger partial charge on any atom is -0.450 e. The normalized spacial score (nSPS) is 23.0. The van der Waals surface area contributed by atoms with Crippen molar-refractivity contribution in [3.05, 3.63) is 66.5 Å². The third-order valence-electron chi connectivity index (χ3n) is 6.88. The average molecular weight is 459 g/mol. The Hall–Kier alpha value is -3.48. The van der Waals surface area contributed by atoms with E-state index in [1.165, 1.54) is 0 Å². The molecule has 1 amide bonds. The second-order valence-corrected chi connectivity index (χ2v) is 10.7. The second-order valence-electron chi connectivity index (χ2n) is 10.7. The molecule has 3 aromatic rings. The number of nitrogens with zero attached hydrogens (tertiary/aromatic N) is 4. The summed E-state index contributed by atoms with van der Waals surface area (Å²) >= 11 is 0. The number of benzene rings is 2. The first kappa shape index (κ1) is 22.3. The number of carbonyl (C=O) groups excluding carboxylic acids is 2. The maximum Gasteiger partial charge on any atom is 0.378 e. The Morgan fingerprint density at radius 3 is 2.38 bits per heavy atom. The molecule has 7 nitrogen and oxygen atoms in total. The van der Waals surface area contributed by atoms with Crippen molar-refractivity contribution in [2.24, 2.45) is 10.8 Å². The highest BCUT2D eigenvalue weighted by atomic mass is 16.5. The van der Waals surface area contributed by atoms with E-state index in [2.05, 4.69) is 30.9 Å². The van der Waals surface area contributed by atoms with Crippen LogP contribution in [0.3, 0.4) is 0 Å². The maximum absolute atomic E-state index is 13.0. The fourth-order valence-electron chi connectivity index (χ4n) is 5.95. The summed E-state index contributed by atoms with van der Waals surface area (Å²) < 4.78 is 7.03. The monoisotopic (exact) mass is 458 g/mol. The molecule has 7 heteroatoms. The van der Waals surface area contributed by atoms with E-state index in [0.717, 1.165) is 37.1 Å². The standard InChI is InChI=1S/C27H30N4O3/c1-26(2)14-21-15-27(3,17-26)18-30(21)22(32)16-34-25(33)23-28-24(19-10-6-4-7-11-19)31(29-23)20-12-8-5-9-13-20/h4-13,21H,14-18H2,1-3H3/t21-,27-/m0/s1. The first-order valence-electron chi connectivity index (χ1n) is 11.8. The number of esters is 1. The molecule has 2 heterocycles. The van der Waals surface area contributed by atoms with E-state index in [-0.39, 0.29) is 35.2 Å². The molecule has 0 unspecified atom stereocenters. The van der Waals surface area contributed by atoms with Gasteiger partial charge in [0.15, 0.2) is 12.4 Å². The number of rotatable bonds is 5. The number of likely N-dealkylation sites (tertiary alicyclic amines) is 1. The molecule has 0 radical (unpaired) electrons. The van der Waals surface area contributed by atoms with Gasteiger partial charge in [-0.3, -0.25) is 4.79 Å². The van der Waals surface area contributed by atoms with Gasteiger partial charge in [0.2, 0.25) is 0 Å². The molecule has 34 heavy (non-hydrogen) atoms. The lowest BCUT2D eigenvalue weighted by molar-refractivity contribution is -0.135. The fraction of sp³-hybridized carbons (Fsp3) is 0.407. The molecule has 1 aliphatic carbocycles. The van der Waals surface area contributed by atoms with E-state index in [9.17, 15) is 9.59 Å². The Morgan fingerprint density at radius 2 is 1.68 bits per heavy atom. The van der Waals surface area contributed by atoms with Crippen molar-refractivity contribution in [1.29, 1.82) is 0 Å². The predicted molar refractivity (Wildman–Crippen MR) is 128 cm³/mol. The quantitative estimate of drug-likeness (QED) is 0.526. The van der Waals surface area contributed by atoms with Gasteiger partial charge in [-0.2, -0.15) is 0 Å². The van der Waals surface area contributed by atoms with Crippen LogP contribution in [-0.4, -0.2) is 50.7 Å². The van der Waals surface area contributed by atoms with Crippen molar-refractivity contribution in [2.75, 3.05) is 13.2 Å². The van der Waals surface area contributed by atoms with Crippen LogP contribution in [0.2, 0.25) is 0 Å². The number of ether oxygens (including phenoxy) is 1. The molecule has 0 spiro atoms. The summed E-state index contributed by atoms with van der Waals surface area (Å²) in [5, 5.41) is 4.42. The van der Waals surface area contributed by atoms with E-state index < -0.39 is 5.97 Å². The molecule has 5 rings (SSSR count). The van der Waals surface area contributed by atoms with Crippen LogP contribution in [0.1, 0.15) is 50.7 Å². The minimum absolute atomic E-state index is 0.0660. The number of amides is 1. The van der Waals surface area contributed by atoms with E-state index >= 15 is 0 Å². The highest BCUT2D eigenvalue weighted by Crippen LogP contribution is 2.52. The average Bonchev–Trinajstić information content (AvgIpc) is 3.36. The fourth-order valence-corrected chi connectivity index (χ4v) is 5.95. The molecule has 0 N–H and O–H groups in total. The molecule has 2 aliphatic rings. The topological polar surface area (TPSA) is 77.3 Å². The Bertz CT molecular complexity index is 1150. The first-order valence-corrected chi connectivity index (χ1v) is 11.8. The summed E-state index contributed by atoms with van der Waals surface area (Å²) in [4.78, 5) is 32.2. The van der Waals surface area contributed by atoms with Crippen LogP contribution in [0.15, 0.2) is 60.7 Å². The molecule has 2 bridgehead atoms. The Morgan fingerprint density at radius 1 is 1.00 bits per heavy atom. The summed E-state index contributed by atoms with van der Waals surface area (Å²) in [6.07, 6.45) is 3.09. The molecule has 1 aliphatic heterocycles. The van der Waals surface area contributed by atoms with Gasteiger partial charge in [0.25, 0.3) is 11.7 Å². The molecular formula is C27H30N4O3. The molecule has 2 aromatic carbocycles. The van der Waals surface area contributed by atoms with Gasteiger partial charge < -0.3 is 9.64 Å². The lowest BCUT2D eigenvalue weighted by atomic mass is 9.65. The third-order valence-corrected chi connectivity index (χ3v) is 6.88. The summed E-state index contributed by atoms with van der Waals surface area (Å²) in [5.41, 5.74) is 1.95. The maximum atomic E-state index is 13.0. The van der Waals surface area contributed by atoms with Crippen molar-refractivity contribution >= 4 is 11.9 Å². The first-order chi connectivity index (χ1) is 16.2. The van der Waals surface area contributed by atoms with E-state index in [1.54, 1.807) is 4.68 Å². The summed E-state index contributed by atoms with van der Waals surface area (Å²) in [5.74, 6) is -0.378. The molecule has 2 atom stereocenters. The third kappa shape index (κ3) is 4.34. The number of para-hydroxylation sites is 1. The highest BCUT2D eigenvalue weighted by molar-refractivity contribution is 5.88. The lowest BCUT2D eigenvalue weighted by Crippen LogP contribution is -2.39. The zero-order chi connectivity index (χ0) is 23.9. The highest BCUT2D eigenvalue weighted by Gasteiger charge is 2.51. The molecule has 1 saturated carbocycles. The smallest absolute Gasteiger partial charge is 0.378 e. The summed E-state index contributed by atoms with van der Waals surface area (Å²) in [6.45, 7) is 7.21. The van der Waals surface area contributed by atoms with Gasteiger partial charge in [-0.1, -0.05) is 69.3 Å². The van der Waals surface area contributed by atoms with Gasteiger partial charge in [0, 0.05) is 18.2 Å². The van der Waals surface area contributed by atoms with Gasteiger partial charge >= 0.3 is 5.97 Å². The van der Waals surface area contributed by atoms with E-state index in [1.807, 2.05) is 65.6 Å². The zero-order valence-electron chi connectivity index (χ0n) is 19.9. The van der Waals surface area contributed by atoms with Crippen molar-refractivity contribution in [1.82, 2.24) is 19.7 Å². The number of fused-ring (bicyclic) bond motifs is 2. The van der Waals surface area contributed by atoms with Crippen molar-refractivity contribution in [3.63, 3.8) is 0 Å². The number of hydrogen-bond acceptors (Lipinski definition) is 5. The van der Waals surface area contributed by atoms with Crippen LogP contribution in [0, 0.1) is 10.8 Å². The van der Waals surface area contributed by atoms with Crippen LogP contribution in [0.25, 0.3) is 17.1 Å². The Labute approximate surface area is 199 Å². The van der Waals surface area contributed by atoms with E-state index in [0.29, 0.717) is 5.82 Å². The van der Waals surface area contributed by atoms with Gasteiger partial charge in [0.1, 0.15) is 0 Å². The predicted octanol–water partition coefficient (Wildman–Crippen LogP) is 4.52. The van der Waals surface area contributed by atoms with Gasteiger partial charge in [-0.25, -0.2) is 14.5 Å². The molecule has 176 valence electrons. The molecule has 1 aromatic heterocycles. The number of aromatic nitrogens is 3. The van der Waals surface area contributed by atoms with Crippen LogP contribution in [0.5, 0.6) is 0 Å². The van der Waals surface area contributed by atoms with Crippen LogP contribution >= 0.6 is 0 Å². The largest absolute Gasteiger partial charge is 0.450 e. The lowest BCUT2D eigenvalue weighted by Gasteiger charge is -2.39. The molecule has 1 saturated heterocycles. The van der Waals surface area contributed by atoms with Crippen LogP contribution in [-0.2, 0) is 9.53 Å². The Kier molecular flexibility index (Phi) is 5.50. The van der Waals surface area contributed by atoms with Gasteiger partial charge in [-0.15, -0.1) is 5.10 Å². The second kappa shape index (κ2) is 8.38. The summed E-state index contributed by atoms with van der Waals surface area (Å²) in [7, 11) is 0.